The van der Waals surface area contributed by atoms with E-state index >= 15 is 0 Å². The van der Waals surface area contributed by atoms with Crippen LogP contribution in [0.1, 0.15) is 11.1 Å². The molecule has 0 bridgehead atoms. The van der Waals surface area contributed by atoms with Crippen LogP contribution in [0.2, 0.25) is 10.0 Å². The van der Waals surface area contributed by atoms with E-state index < -0.39 is 18.5 Å². The lowest BCUT2D eigenvalue weighted by molar-refractivity contribution is -0.142. The van der Waals surface area contributed by atoms with Gasteiger partial charge >= 0.3 is 5.97 Å². The summed E-state index contributed by atoms with van der Waals surface area (Å²) < 4.78 is 15.3. The van der Waals surface area contributed by atoms with Gasteiger partial charge in [-0.3, -0.25) is 4.79 Å². The number of anilines is 1. The van der Waals surface area contributed by atoms with Gasteiger partial charge in [0.2, 0.25) is 0 Å². The Balaban J connectivity index is 1.94. The van der Waals surface area contributed by atoms with Crippen molar-refractivity contribution in [2.45, 2.75) is 6.92 Å². The molecule has 1 amide bonds. The summed E-state index contributed by atoms with van der Waals surface area (Å²) in [5.74, 6) is -0.318. The molecule has 0 saturated carbocycles. The Bertz CT molecular complexity index is 912. The maximum atomic E-state index is 11.9. The topological polar surface area (TPSA) is 73.9 Å². The van der Waals surface area contributed by atoms with Crippen LogP contribution < -0.4 is 14.8 Å². The lowest BCUT2D eigenvalue weighted by Gasteiger charge is -2.10. The Morgan fingerprint density at radius 3 is 2.54 bits per heavy atom. The zero-order valence-corrected chi connectivity index (χ0v) is 17.1. The summed E-state index contributed by atoms with van der Waals surface area (Å²) in [5.41, 5.74) is 2.01. The van der Waals surface area contributed by atoms with Crippen molar-refractivity contribution in [2.24, 2.45) is 0 Å². The summed E-state index contributed by atoms with van der Waals surface area (Å²) in [6, 6.07) is 8.39. The van der Waals surface area contributed by atoms with E-state index in [-0.39, 0.29) is 0 Å². The molecule has 0 heterocycles. The number of nitrogens with one attached hydrogen (secondary N) is 1. The number of aryl methyl sites for hydroxylation is 1. The van der Waals surface area contributed by atoms with Gasteiger partial charge in [0.1, 0.15) is 0 Å². The van der Waals surface area contributed by atoms with E-state index in [0.29, 0.717) is 32.8 Å². The van der Waals surface area contributed by atoms with E-state index in [2.05, 4.69) is 5.32 Å². The maximum absolute atomic E-state index is 11.9. The quantitative estimate of drug-likeness (QED) is 0.523. The van der Waals surface area contributed by atoms with E-state index in [4.69, 9.17) is 37.4 Å². The van der Waals surface area contributed by atoms with Crippen molar-refractivity contribution in [3.8, 4) is 11.5 Å². The molecule has 0 aliphatic carbocycles. The van der Waals surface area contributed by atoms with E-state index in [1.54, 1.807) is 30.3 Å². The van der Waals surface area contributed by atoms with Crippen LogP contribution in [0.4, 0.5) is 5.69 Å². The molecule has 0 saturated heterocycles. The number of methoxy groups -OCH3 is 2. The molecule has 2 aromatic rings. The van der Waals surface area contributed by atoms with Gasteiger partial charge in [-0.05, 0) is 48.4 Å². The molecule has 0 aliphatic rings. The minimum Gasteiger partial charge on any atom is -0.493 e. The number of ether oxygens (including phenoxy) is 3. The molecule has 0 spiro atoms. The SMILES string of the molecule is COc1cc(/C=C/C(=O)OCC(=O)Nc2cc(Cl)ccc2C)cc(Cl)c1OC. The first-order chi connectivity index (χ1) is 13.3. The molecule has 6 nitrogen and oxygen atoms in total. The van der Waals surface area contributed by atoms with Crippen molar-refractivity contribution in [3.05, 3.63) is 57.6 Å². The first-order valence-corrected chi connectivity index (χ1v) is 8.92. The van der Waals surface area contributed by atoms with Crippen LogP contribution in [-0.4, -0.2) is 32.7 Å². The summed E-state index contributed by atoms with van der Waals surface area (Å²) in [6.07, 6.45) is 2.69. The molecule has 0 aromatic heterocycles. The standard InChI is InChI=1S/C20H19Cl2NO5/c1-12-4-6-14(21)10-16(12)23-18(24)11-28-19(25)7-5-13-8-15(22)20(27-3)17(9-13)26-2/h4-10H,11H2,1-3H3,(H,23,24)/b7-5+. The molecular formula is C20H19Cl2NO5. The molecule has 0 aliphatic heterocycles. The number of benzene rings is 2. The predicted octanol–water partition coefficient (Wildman–Crippen LogP) is 4.51. The van der Waals surface area contributed by atoms with E-state index in [9.17, 15) is 9.59 Å². The highest BCUT2D eigenvalue weighted by Crippen LogP contribution is 2.36. The fourth-order valence-corrected chi connectivity index (χ4v) is 2.77. The molecule has 2 rings (SSSR count). The number of esters is 1. The zero-order chi connectivity index (χ0) is 20.7. The zero-order valence-electron chi connectivity index (χ0n) is 15.5. The van der Waals surface area contributed by atoms with Gasteiger partial charge < -0.3 is 19.5 Å². The summed E-state index contributed by atoms with van der Waals surface area (Å²) in [4.78, 5) is 23.8. The van der Waals surface area contributed by atoms with Crippen molar-refractivity contribution in [1.29, 1.82) is 0 Å². The van der Waals surface area contributed by atoms with Crippen molar-refractivity contribution in [1.82, 2.24) is 0 Å². The molecule has 2 aromatic carbocycles. The van der Waals surface area contributed by atoms with Crippen molar-refractivity contribution in [3.63, 3.8) is 0 Å². The fourth-order valence-electron chi connectivity index (χ4n) is 2.30. The number of carbonyl (C=O) groups is 2. The van der Waals surface area contributed by atoms with Crippen molar-refractivity contribution >= 4 is 46.8 Å². The molecule has 1 N–H and O–H groups in total. The third-order valence-electron chi connectivity index (χ3n) is 3.69. The lowest BCUT2D eigenvalue weighted by Crippen LogP contribution is -2.20. The molecule has 0 fully saturated rings. The number of hydrogen-bond donors (Lipinski definition) is 1. The van der Waals surface area contributed by atoms with Crippen LogP contribution in [0.5, 0.6) is 11.5 Å². The van der Waals surface area contributed by atoms with Crippen LogP contribution >= 0.6 is 23.2 Å². The second-order valence-corrected chi connectivity index (χ2v) is 6.53. The van der Waals surface area contributed by atoms with Crippen molar-refractivity contribution in [2.75, 3.05) is 26.1 Å². The number of rotatable bonds is 7. The molecule has 148 valence electrons. The van der Waals surface area contributed by atoms with Crippen LogP contribution in [0.15, 0.2) is 36.4 Å². The molecule has 0 radical (unpaired) electrons. The highest BCUT2D eigenvalue weighted by molar-refractivity contribution is 6.32. The van der Waals surface area contributed by atoms with Gasteiger partial charge in [-0.15, -0.1) is 0 Å². The number of halogens is 2. The lowest BCUT2D eigenvalue weighted by atomic mass is 10.2. The van der Waals surface area contributed by atoms with Gasteiger partial charge in [-0.2, -0.15) is 0 Å². The van der Waals surface area contributed by atoms with Crippen LogP contribution in [0, 0.1) is 6.92 Å². The minimum absolute atomic E-state index is 0.339. The first kappa shape index (κ1) is 21.6. The molecule has 0 atom stereocenters. The average Bonchev–Trinajstić information content (AvgIpc) is 2.67. The Kier molecular flexibility index (Phi) is 7.72. The molecule has 0 unspecified atom stereocenters. The van der Waals surface area contributed by atoms with E-state index in [1.165, 1.54) is 26.4 Å². The third-order valence-corrected chi connectivity index (χ3v) is 4.20. The second-order valence-electron chi connectivity index (χ2n) is 5.69. The number of amides is 1. The number of hydrogen-bond acceptors (Lipinski definition) is 5. The van der Waals surface area contributed by atoms with Gasteiger partial charge in [0, 0.05) is 16.8 Å². The summed E-state index contributed by atoms with van der Waals surface area (Å²) in [5, 5.41) is 3.48. The second kappa shape index (κ2) is 10.0. The van der Waals surface area contributed by atoms with Gasteiger partial charge in [-0.1, -0.05) is 29.3 Å². The van der Waals surface area contributed by atoms with Gasteiger partial charge in [0.05, 0.1) is 19.2 Å². The number of carbonyl (C=O) groups excluding carboxylic acids is 2. The van der Waals surface area contributed by atoms with Gasteiger partial charge in [0.15, 0.2) is 18.1 Å². The first-order valence-electron chi connectivity index (χ1n) is 8.16. The average molecular weight is 424 g/mol. The maximum Gasteiger partial charge on any atom is 0.331 e. The predicted molar refractivity (Wildman–Crippen MR) is 109 cm³/mol. The minimum atomic E-state index is -0.677. The Morgan fingerprint density at radius 1 is 1.11 bits per heavy atom. The molecule has 8 heteroatoms. The highest BCUT2D eigenvalue weighted by Gasteiger charge is 2.11. The fraction of sp³-hybridized carbons (Fsp3) is 0.200. The van der Waals surface area contributed by atoms with Crippen molar-refractivity contribution < 1.29 is 23.8 Å². The molecular weight excluding hydrogens is 405 g/mol. The smallest absolute Gasteiger partial charge is 0.331 e. The van der Waals surface area contributed by atoms with Gasteiger partial charge in [0.25, 0.3) is 5.91 Å². The highest BCUT2D eigenvalue weighted by atomic mass is 35.5. The Hall–Kier alpha value is -2.70. The molecule has 28 heavy (non-hydrogen) atoms. The Labute approximate surface area is 173 Å². The van der Waals surface area contributed by atoms with Gasteiger partial charge in [-0.25, -0.2) is 4.79 Å². The summed E-state index contributed by atoms with van der Waals surface area (Å²) in [7, 11) is 2.96. The van der Waals surface area contributed by atoms with E-state index in [0.717, 1.165) is 5.56 Å². The summed E-state index contributed by atoms with van der Waals surface area (Å²) >= 11 is 12.0. The monoisotopic (exact) mass is 423 g/mol. The van der Waals surface area contributed by atoms with Crippen LogP contribution in [-0.2, 0) is 14.3 Å². The van der Waals surface area contributed by atoms with E-state index in [1.807, 2.05) is 6.92 Å². The normalized spacial score (nSPS) is 10.6. The van der Waals surface area contributed by atoms with Crippen LogP contribution in [0.3, 0.4) is 0 Å². The summed E-state index contributed by atoms with van der Waals surface area (Å²) in [6.45, 7) is 1.40. The Morgan fingerprint density at radius 2 is 1.86 bits per heavy atom. The largest absolute Gasteiger partial charge is 0.493 e. The third kappa shape index (κ3) is 5.90. The van der Waals surface area contributed by atoms with Crippen LogP contribution in [0.25, 0.3) is 6.08 Å².